The van der Waals surface area contributed by atoms with Crippen molar-refractivity contribution in [3.63, 3.8) is 0 Å². The lowest BCUT2D eigenvalue weighted by Gasteiger charge is -2.19. The number of anilines is 1. The molecule has 1 aromatic rings. The molecule has 26 heavy (non-hydrogen) atoms. The number of methoxy groups -OCH3 is 2. The number of likely N-dealkylation sites (tertiary alicyclic amines) is 1. The number of rotatable bonds is 5. The van der Waals surface area contributed by atoms with Gasteiger partial charge in [0, 0.05) is 6.07 Å². The second kappa shape index (κ2) is 6.30. The Morgan fingerprint density at radius 1 is 1.12 bits per heavy atom. The molecule has 138 valence electrons. The average molecular weight is 358 g/mol. The maximum Gasteiger partial charge on any atom is 0.244 e. The fraction of sp³-hybridized carbons (Fsp3) is 0.526. The largest absolute Gasteiger partial charge is 0.497 e. The summed E-state index contributed by atoms with van der Waals surface area (Å²) >= 11 is 0. The predicted octanol–water partition coefficient (Wildman–Crippen LogP) is 1.67. The molecule has 4 atom stereocenters. The Morgan fingerprint density at radius 2 is 1.77 bits per heavy atom. The monoisotopic (exact) mass is 358 g/mol. The van der Waals surface area contributed by atoms with Crippen LogP contribution in [-0.4, -0.2) is 43.4 Å². The molecule has 0 aromatic heterocycles. The molecule has 1 saturated heterocycles. The third-order valence-electron chi connectivity index (χ3n) is 6.00. The van der Waals surface area contributed by atoms with Crippen molar-refractivity contribution in [2.75, 3.05) is 26.1 Å². The van der Waals surface area contributed by atoms with Crippen LogP contribution in [0.25, 0.3) is 0 Å². The first-order valence-electron chi connectivity index (χ1n) is 8.90. The summed E-state index contributed by atoms with van der Waals surface area (Å²) in [6.07, 6.45) is 3.02. The van der Waals surface area contributed by atoms with Crippen LogP contribution in [0.2, 0.25) is 0 Å². The summed E-state index contributed by atoms with van der Waals surface area (Å²) in [7, 11) is 3.03. The standard InChI is InChI=1S/C19H22N2O5/c1-25-12-5-6-14(26-2)13(8-12)20-15(22)9-21-18(23)16-10-3-4-11(7-10)17(16)19(21)24/h5-6,8,10-11,16-17H,3-4,7,9H2,1-2H3,(H,20,22)/t10-,11+,16-,17+. The molecule has 4 rings (SSSR count). The van der Waals surface area contributed by atoms with Gasteiger partial charge in [0.05, 0.1) is 31.7 Å². The van der Waals surface area contributed by atoms with Gasteiger partial charge in [0.25, 0.3) is 0 Å². The van der Waals surface area contributed by atoms with Crippen LogP contribution < -0.4 is 14.8 Å². The number of hydrogen-bond acceptors (Lipinski definition) is 5. The van der Waals surface area contributed by atoms with Crippen molar-refractivity contribution < 1.29 is 23.9 Å². The zero-order chi connectivity index (χ0) is 18.4. The molecule has 0 radical (unpaired) electrons. The van der Waals surface area contributed by atoms with Gasteiger partial charge in [-0.1, -0.05) is 0 Å². The number of fused-ring (bicyclic) bond motifs is 5. The van der Waals surface area contributed by atoms with Crippen LogP contribution in [0.4, 0.5) is 5.69 Å². The lowest BCUT2D eigenvalue weighted by Crippen LogP contribution is -2.39. The molecule has 2 saturated carbocycles. The van der Waals surface area contributed by atoms with E-state index in [4.69, 9.17) is 9.47 Å². The summed E-state index contributed by atoms with van der Waals surface area (Å²) in [5.41, 5.74) is 0.441. The second-order valence-corrected chi connectivity index (χ2v) is 7.26. The van der Waals surface area contributed by atoms with Gasteiger partial charge in [0.15, 0.2) is 0 Å². The van der Waals surface area contributed by atoms with Crippen molar-refractivity contribution in [2.45, 2.75) is 19.3 Å². The zero-order valence-corrected chi connectivity index (χ0v) is 14.9. The first kappa shape index (κ1) is 16.9. The molecule has 7 heteroatoms. The second-order valence-electron chi connectivity index (χ2n) is 7.26. The highest BCUT2D eigenvalue weighted by Gasteiger charge is 2.60. The van der Waals surface area contributed by atoms with E-state index in [2.05, 4.69) is 5.32 Å². The van der Waals surface area contributed by atoms with Gasteiger partial charge < -0.3 is 14.8 Å². The highest BCUT2D eigenvalue weighted by atomic mass is 16.5. The van der Waals surface area contributed by atoms with E-state index in [0.717, 1.165) is 24.2 Å². The summed E-state index contributed by atoms with van der Waals surface area (Å²) in [5.74, 6) is 0.473. The number of amides is 3. The van der Waals surface area contributed by atoms with E-state index in [1.165, 1.54) is 14.2 Å². The Labute approximate surface area is 151 Å². The molecule has 1 N–H and O–H groups in total. The third kappa shape index (κ3) is 2.53. The fourth-order valence-corrected chi connectivity index (χ4v) is 4.87. The van der Waals surface area contributed by atoms with Crippen LogP contribution in [0.1, 0.15) is 19.3 Å². The van der Waals surface area contributed by atoms with E-state index in [9.17, 15) is 14.4 Å². The number of benzene rings is 1. The van der Waals surface area contributed by atoms with E-state index in [1.807, 2.05) is 0 Å². The van der Waals surface area contributed by atoms with Crippen molar-refractivity contribution in [3.8, 4) is 11.5 Å². The molecule has 3 fully saturated rings. The van der Waals surface area contributed by atoms with Crippen LogP contribution in [0.3, 0.4) is 0 Å². The fourth-order valence-electron chi connectivity index (χ4n) is 4.87. The highest BCUT2D eigenvalue weighted by Crippen LogP contribution is 2.56. The molecule has 3 amide bonds. The van der Waals surface area contributed by atoms with Gasteiger partial charge in [-0.05, 0) is 43.2 Å². The van der Waals surface area contributed by atoms with Crippen LogP contribution in [0.5, 0.6) is 11.5 Å². The molecule has 3 aliphatic rings. The lowest BCUT2D eigenvalue weighted by atomic mass is 9.81. The van der Waals surface area contributed by atoms with Crippen molar-refractivity contribution in [1.82, 2.24) is 4.90 Å². The molecule has 1 aromatic carbocycles. The van der Waals surface area contributed by atoms with Crippen molar-refractivity contribution in [1.29, 1.82) is 0 Å². The summed E-state index contributed by atoms with van der Waals surface area (Å²) in [5, 5.41) is 2.72. The van der Waals surface area contributed by atoms with Crippen LogP contribution in [0.15, 0.2) is 18.2 Å². The normalized spacial score (nSPS) is 29.1. The Bertz CT molecular complexity index is 749. The van der Waals surface area contributed by atoms with Crippen LogP contribution in [0, 0.1) is 23.7 Å². The molecule has 2 aliphatic carbocycles. The van der Waals surface area contributed by atoms with E-state index >= 15 is 0 Å². The minimum absolute atomic E-state index is 0.181. The van der Waals surface area contributed by atoms with Crippen molar-refractivity contribution in [3.05, 3.63) is 18.2 Å². The van der Waals surface area contributed by atoms with Gasteiger partial charge in [0.1, 0.15) is 18.0 Å². The minimum atomic E-state index is -0.425. The van der Waals surface area contributed by atoms with E-state index in [0.29, 0.717) is 29.0 Å². The Hall–Kier alpha value is -2.57. The first-order valence-corrected chi connectivity index (χ1v) is 8.90. The van der Waals surface area contributed by atoms with Gasteiger partial charge >= 0.3 is 0 Å². The highest BCUT2D eigenvalue weighted by molar-refractivity contribution is 6.09. The molecule has 7 nitrogen and oxygen atoms in total. The summed E-state index contributed by atoms with van der Waals surface area (Å²) in [6.45, 7) is -0.259. The number of carbonyl (C=O) groups is 3. The van der Waals surface area contributed by atoms with Gasteiger partial charge in [-0.3, -0.25) is 19.3 Å². The number of nitrogens with zero attached hydrogens (tertiary/aromatic N) is 1. The quantitative estimate of drug-likeness (QED) is 0.810. The smallest absolute Gasteiger partial charge is 0.244 e. The van der Waals surface area contributed by atoms with Crippen molar-refractivity contribution in [2.24, 2.45) is 23.7 Å². The molecular weight excluding hydrogens is 336 g/mol. The number of carbonyl (C=O) groups excluding carboxylic acids is 3. The SMILES string of the molecule is COc1ccc(OC)c(NC(=O)CN2C(=O)[C@@H]3[C@@H]4CC[C@@H](C4)[C@@H]3C2=O)c1. The third-order valence-corrected chi connectivity index (χ3v) is 6.00. The van der Waals surface area contributed by atoms with E-state index < -0.39 is 5.91 Å². The average Bonchev–Trinajstić information content (AvgIpc) is 3.31. The minimum Gasteiger partial charge on any atom is -0.497 e. The molecule has 0 unspecified atom stereocenters. The molecule has 2 bridgehead atoms. The van der Waals surface area contributed by atoms with Crippen LogP contribution >= 0.6 is 0 Å². The Balaban J connectivity index is 1.47. The maximum atomic E-state index is 12.7. The Morgan fingerprint density at radius 3 is 2.35 bits per heavy atom. The van der Waals surface area contributed by atoms with E-state index in [1.54, 1.807) is 18.2 Å². The van der Waals surface area contributed by atoms with Gasteiger partial charge in [0.2, 0.25) is 17.7 Å². The van der Waals surface area contributed by atoms with Gasteiger partial charge in [-0.2, -0.15) is 0 Å². The number of ether oxygens (including phenoxy) is 2. The maximum absolute atomic E-state index is 12.7. The molecule has 1 aliphatic heterocycles. The first-order chi connectivity index (χ1) is 12.5. The van der Waals surface area contributed by atoms with Gasteiger partial charge in [-0.25, -0.2) is 0 Å². The van der Waals surface area contributed by atoms with Crippen molar-refractivity contribution >= 4 is 23.4 Å². The number of nitrogens with one attached hydrogen (secondary N) is 1. The molecule has 1 heterocycles. The van der Waals surface area contributed by atoms with E-state index in [-0.39, 0.29) is 30.2 Å². The summed E-state index contributed by atoms with van der Waals surface area (Å²) in [6, 6.07) is 5.04. The number of hydrogen-bond donors (Lipinski definition) is 1. The van der Waals surface area contributed by atoms with Gasteiger partial charge in [-0.15, -0.1) is 0 Å². The Kier molecular flexibility index (Phi) is 4.09. The topological polar surface area (TPSA) is 84.9 Å². The predicted molar refractivity (Wildman–Crippen MR) is 92.7 cm³/mol. The zero-order valence-electron chi connectivity index (χ0n) is 14.9. The van der Waals surface area contributed by atoms with Crippen LogP contribution in [-0.2, 0) is 14.4 Å². The lowest BCUT2D eigenvalue weighted by molar-refractivity contribution is -0.143. The number of imide groups is 1. The molecule has 0 spiro atoms. The summed E-state index contributed by atoms with van der Waals surface area (Å²) in [4.78, 5) is 39.0. The summed E-state index contributed by atoms with van der Waals surface area (Å²) < 4.78 is 10.4. The molecular formula is C19H22N2O5.